The van der Waals surface area contributed by atoms with E-state index < -0.39 is 0 Å². The van der Waals surface area contributed by atoms with Crippen molar-refractivity contribution in [3.05, 3.63) is 35.4 Å². The normalized spacial score (nSPS) is 24.0. The molecule has 0 N–H and O–H groups in total. The van der Waals surface area contributed by atoms with Crippen molar-refractivity contribution in [3.8, 4) is 0 Å². The molecule has 0 spiro atoms. The number of amides is 1. The molecule has 0 bridgehead atoms. The molecule has 1 aliphatic carbocycles. The van der Waals surface area contributed by atoms with Crippen LogP contribution in [0.2, 0.25) is 0 Å². The summed E-state index contributed by atoms with van der Waals surface area (Å²) in [5.41, 5.74) is 2.21. The molecule has 0 aromatic heterocycles. The van der Waals surface area contributed by atoms with Crippen molar-refractivity contribution >= 4 is 5.91 Å². The Morgan fingerprint density at radius 1 is 1.14 bits per heavy atom. The third-order valence-corrected chi connectivity index (χ3v) is 4.76. The molecule has 2 aliphatic rings. The first-order valence-electron chi connectivity index (χ1n) is 8.25. The summed E-state index contributed by atoms with van der Waals surface area (Å²) in [4.78, 5) is 14.4. The molecular formula is C18H25NO2. The lowest BCUT2D eigenvalue weighted by Crippen LogP contribution is -2.44. The van der Waals surface area contributed by atoms with E-state index in [2.05, 4.69) is 12.1 Å². The molecule has 114 valence electrons. The van der Waals surface area contributed by atoms with Gasteiger partial charge in [-0.2, -0.15) is 0 Å². The van der Waals surface area contributed by atoms with Gasteiger partial charge in [-0.15, -0.1) is 0 Å². The Hall–Kier alpha value is -1.35. The van der Waals surface area contributed by atoms with Crippen molar-refractivity contribution in [2.75, 3.05) is 19.7 Å². The highest BCUT2D eigenvalue weighted by Crippen LogP contribution is 2.32. The van der Waals surface area contributed by atoms with Crippen LogP contribution in [0.3, 0.4) is 0 Å². The topological polar surface area (TPSA) is 29.5 Å². The average molecular weight is 287 g/mol. The Kier molecular flexibility index (Phi) is 4.59. The van der Waals surface area contributed by atoms with Crippen LogP contribution < -0.4 is 0 Å². The zero-order valence-corrected chi connectivity index (χ0v) is 12.9. The lowest BCUT2D eigenvalue weighted by atomic mass is 9.84. The number of hydrogen-bond donors (Lipinski definition) is 0. The summed E-state index contributed by atoms with van der Waals surface area (Å²) >= 11 is 0. The molecule has 1 heterocycles. The number of nitrogens with zero attached hydrogens (tertiary/aromatic N) is 1. The average Bonchev–Trinajstić information content (AvgIpc) is 2.55. The first kappa shape index (κ1) is 14.6. The van der Waals surface area contributed by atoms with E-state index in [-0.39, 0.29) is 12.0 Å². The maximum atomic E-state index is 12.5. The van der Waals surface area contributed by atoms with Crippen LogP contribution in [0.15, 0.2) is 24.3 Å². The van der Waals surface area contributed by atoms with E-state index in [9.17, 15) is 4.79 Å². The summed E-state index contributed by atoms with van der Waals surface area (Å²) < 4.78 is 5.50. The van der Waals surface area contributed by atoms with E-state index in [1.54, 1.807) is 0 Å². The Labute approximate surface area is 127 Å². The molecule has 1 saturated heterocycles. The monoisotopic (exact) mass is 287 g/mol. The second-order valence-electron chi connectivity index (χ2n) is 6.39. The summed E-state index contributed by atoms with van der Waals surface area (Å²) in [6.07, 6.45) is 6.81. The van der Waals surface area contributed by atoms with Crippen molar-refractivity contribution in [1.82, 2.24) is 4.90 Å². The minimum absolute atomic E-state index is 0.139. The van der Waals surface area contributed by atoms with E-state index in [1.165, 1.54) is 37.7 Å². The number of morpholine rings is 1. The molecule has 1 atom stereocenters. The van der Waals surface area contributed by atoms with Crippen LogP contribution >= 0.6 is 0 Å². The van der Waals surface area contributed by atoms with Crippen molar-refractivity contribution < 1.29 is 9.53 Å². The zero-order chi connectivity index (χ0) is 14.7. The third kappa shape index (κ3) is 3.46. The Balaban J connectivity index is 1.67. The number of ether oxygens (including phenoxy) is 1. The summed E-state index contributed by atoms with van der Waals surface area (Å²) in [5.74, 6) is 0.839. The van der Waals surface area contributed by atoms with Gasteiger partial charge < -0.3 is 9.64 Å². The smallest absolute Gasteiger partial charge is 0.254 e. The van der Waals surface area contributed by atoms with Gasteiger partial charge in [-0.05, 0) is 43.4 Å². The number of benzene rings is 1. The molecule has 1 unspecified atom stereocenters. The minimum atomic E-state index is 0.139. The van der Waals surface area contributed by atoms with Crippen molar-refractivity contribution in [3.63, 3.8) is 0 Å². The summed E-state index contributed by atoms with van der Waals surface area (Å²) in [6.45, 7) is 4.06. The largest absolute Gasteiger partial charge is 0.375 e. The van der Waals surface area contributed by atoms with Crippen LogP contribution in [0.1, 0.15) is 60.9 Å². The Bertz CT molecular complexity index is 476. The van der Waals surface area contributed by atoms with Crippen LogP contribution in [-0.2, 0) is 4.74 Å². The lowest BCUT2D eigenvalue weighted by Gasteiger charge is -2.31. The highest BCUT2D eigenvalue weighted by molar-refractivity contribution is 5.94. The fourth-order valence-electron chi connectivity index (χ4n) is 3.52. The molecule has 1 aromatic carbocycles. The van der Waals surface area contributed by atoms with Gasteiger partial charge in [0.25, 0.3) is 5.91 Å². The molecule has 1 saturated carbocycles. The van der Waals surface area contributed by atoms with E-state index in [1.807, 2.05) is 24.0 Å². The van der Waals surface area contributed by atoms with Crippen LogP contribution in [0, 0.1) is 0 Å². The van der Waals surface area contributed by atoms with Gasteiger partial charge in [-0.25, -0.2) is 0 Å². The highest BCUT2D eigenvalue weighted by atomic mass is 16.5. The predicted molar refractivity (Wildman–Crippen MR) is 83.6 cm³/mol. The fourth-order valence-corrected chi connectivity index (χ4v) is 3.52. The maximum absolute atomic E-state index is 12.5. The van der Waals surface area contributed by atoms with Gasteiger partial charge in [-0.1, -0.05) is 31.4 Å². The van der Waals surface area contributed by atoms with Gasteiger partial charge >= 0.3 is 0 Å². The van der Waals surface area contributed by atoms with E-state index in [4.69, 9.17) is 4.74 Å². The van der Waals surface area contributed by atoms with E-state index in [0.717, 1.165) is 5.56 Å². The quantitative estimate of drug-likeness (QED) is 0.832. The van der Waals surface area contributed by atoms with E-state index >= 15 is 0 Å². The SMILES string of the molecule is CC1CN(C(=O)c2ccc(C3CCCCC3)cc2)CCO1. The summed E-state index contributed by atoms with van der Waals surface area (Å²) in [6, 6.07) is 8.33. The van der Waals surface area contributed by atoms with E-state index in [0.29, 0.717) is 25.6 Å². The van der Waals surface area contributed by atoms with Crippen molar-refractivity contribution in [2.24, 2.45) is 0 Å². The van der Waals surface area contributed by atoms with Crippen molar-refractivity contribution in [1.29, 1.82) is 0 Å². The first-order valence-corrected chi connectivity index (χ1v) is 8.25. The molecule has 0 radical (unpaired) electrons. The number of hydrogen-bond acceptors (Lipinski definition) is 2. The lowest BCUT2D eigenvalue weighted by molar-refractivity contribution is -0.0124. The highest BCUT2D eigenvalue weighted by Gasteiger charge is 2.23. The van der Waals surface area contributed by atoms with Crippen LogP contribution in [-0.4, -0.2) is 36.6 Å². The molecule has 3 nitrogen and oxygen atoms in total. The number of rotatable bonds is 2. The molecule has 2 fully saturated rings. The minimum Gasteiger partial charge on any atom is -0.375 e. The van der Waals surface area contributed by atoms with Gasteiger partial charge in [0.05, 0.1) is 12.7 Å². The molecular weight excluding hydrogens is 262 g/mol. The van der Waals surface area contributed by atoms with Gasteiger partial charge in [-0.3, -0.25) is 4.79 Å². The second-order valence-corrected chi connectivity index (χ2v) is 6.39. The van der Waals surface area contributed by atoms with Crippen LogP contribution in [0.5, 0.6) is 0 Å². The molecule has 3 rings (SSSR count). The van der Waals surface area contributed by atoms with Crippen LogP contribution in [0.4, 0.5) is 0 Å². The molecule has 1 aliphatic heterocycles. The van der Waals surface area contributed by atoms with Crippen molar-refractivity contribution in [2.45, 2.75) is 51.0 Å². The predicted octanol–water partition coefficient (Wildman–Crippen LogP) is 3.60. The number of carbonyl (C=O) groups is 1. The van der Waals surface area contributed by atoms with Gasteiger partial charge in [0, 0.05) is 18.7 Å². The van der Waals surface area contributed by atoms with Gasteiger partial charge in [0.2, 0.25) is 0 Å². The zero-order valence-electron chi connectivity index (χ0n) is 12.9. The fraction of sp³-hybridized carbons (Fsp3) is 0.611. The summed E-state index contributed by atoms with van der Waals surface area (Å²) in [7, 11) is 0. The third-order valence-electron chi connectivity index (χ3n) is 4.76. The summed E-state index contributed by atoms with van der Waals surface area (Å²) in [5, 5.41) is 0. The molecule has 21 heavy (non-hydrogen) atoms. The number of carbonyl (C=O) groups excluding carboxylic acids is 1. The second kappa shape index (κ2) is 6.61. The maximum Gasteiger partial charge on any atom is 0.254 e. The molecule has 1 amide bonds. The standard InChI is InChI=1S/C18H25NO2/c1-14-13-19(11-12-21-14)18(20)17-9-7-16(8-10-17)15-5-3-2-4-6-15/h7-10,14-15H,2-6,11-13H2,1H3. The Morgan fingerprint density at radius 3 is 2.52 bits per heavy atom. The molecule has 1 aromatic rings. The molecule has 3 heteroatoms. The van der Waals surface area contributed by atoms with Gasteiger partial charge in [0.1, 0.15) is 0 Å². The van der Waals surface area contributed by atoms with Crippen LogP contribution in [0.25, 0.3) is 0 Å². The van der Waals surface area contributed by atoms with Gasteiger partial charge in [0.15, 0.2) is 0 Å². The Morgan fingerprint density at radius 2 is 1.86 bits per heavy atom. The first-order chi connectivity index (χ1) is 10.2.